The quantitative estimate of drug-likeness (QED) is 0.850. The van der Waals surface area contributed by atoms with Crippen LogP contribution in [0, 0.1) is 11.8 Å². The van der Waals surface area contributed by atoms with Crippen molar-refractivity contribution in [2.75, 3.05) is 31.8 Å². The van der Waals surface area contributed by atoms with Gasteiger partial charge in [0.25, 0.3) is 0 Å². The second-order valence-corrected chi connectivity index (χ2v) is 7.33. The highest BCUT2D eigenvalue weighted by molar-refractivity contribution is 7.99. The number of aliphatic hydroxyl groups is 1. The Balaban J connectivity index is 1.73. The molecule has 104 valence electrons. The molecule has 0 aromatic heterocycles. The number of methoxy groups -OCH3 is 1. The van der Waals surface area contributed by atoms with Gasteiger partial charge in [0, 0.05) is 19.5 Å². The lowest BCUT2D eigenvalue weighted by Crippen LogP contribution is -2.52. The van der Waals surface area contributed by atoms with E-state index in [1.54, 1.807) is 7.11 Å². The Kier molecular flexibility index (Phi) is 3.65. The van der Waals surface area contributed by atoms with Gasteiger partial charge in [-0.25, -0.2) is 0 Å². The second-order valence-electron chi connectivity index (χ2n) is 6.22. The Morgan fingerprint density at radius 2 is 2.22 bits per heavy atom. The summed E-state index contributed by atoms with van der Waals surface area (Å²) >= 11 is 1.99. The molecule has 3 rings (SSSR count). The highest BCUT2D eigenvalue weighted by Gasteiger charge is 2.53. The zero-order chi connectivity index (χ0) is 12.6. The Labute approximate surface area is 114 Å². The summed E-state index contributed by atoms with van der Waals surface area (Å²) in [5.74, 6) is 3.14. The van der Waals surface area contributed by atoms with E-state index in [-0.39, 0.29) is 5.60 Å². The van der Waals surface area contributed by atoms with E-state index >= 15 is 0 Å². The molecule has 2 saturated heterocycles. The van der Waals surface area contributed by atoms with E-state index in [2.05, 4.69) is 0 Å². The first kappa shape index (κ1) is 13.2. The summed E-state index contributed by atoms with van der Waals surface area (Å²) in [5, 5.41) is 11.0. The smallest absolute Gasteiger partial charge is 0.0937 e. The lowest BCUT2D eigenvalue weighted by molar-refractivity contribution is -0.157. The lowest BCUT2D eigenvalue weighted by atomic mass is 9.73. The summed E-state index contributed by atoms with van der Waals surface area (Å²) in [5.41, 5.74) is -0.539. The van der Waals surface area contributed by atoms with E-state index in [0.717, 1.165) is 31.6 Å². The molecule has 1 saturated carbocycles. The highest BCUT2D eigenvalue weighted by atomic mass is 32.2. The molecular weight excluding hydrogens is 248 g/mol. The summed E-state index contributed by atoms with van der Waals surface area (Å²) in [6.07, 6.45) is 5.50. The Hall–Kier alpha value is 0.230. The number of hydrogen-bond acceptors (Lipinski definition) is 4. The van der Waals surface area contributed by atoms with Crippen LogP contribution in [0.4, 0.5) is 0 Å². The van der Waals surface area contributed by atoms with Gasteiger partial charge in [0.2, 0.25) is 0 Å². The maximum Gasteiger partial charge on any atom is 0.0937 e. The zero-order valence-corrected chi connectivity index (χ0v) is 12.0. The minimum atomic E-state index is -0.598. The first-order valence-electron chi connectivity index (χ1n) is 7.12. The molecule has 1 aliphatic carbocycles. The average Bonchev–Trinajstić information content (AvgIpc) is 3.14. The molecule has 0 bridgehead atoms. The molecule has 18 heavy (non-hydrogen) atoms. The topological polar surface area (TPSA) is 38.7 Å². The van der Waals surface area contributed by atoms with E-state index in [4.69, 9.17) is 9.47 Å². The fourth-order valence-electron chi connectivity index (χ4n) is 3.70. The van der Waals surface area contributed by atoms with Crippen LogP contribution in [-0.4, -0.2) is 48.1 Å². The number of ether oxygens (including phenoxy) is 2. The zero-order valence-electron chi connectivity index (χ0n) is 11.2. The molecule has 3 fully saturated rings. The van der Waals surface area contributed by atoms with Crippen LogP contribution < -0.4 is 0 Å². The standard InChI is InChI=1S/C14H24O3S/c1-16-9-14(15,11-2-3-11)12-4-6-17-13(8-12)5-7-18-10-13/h11-12,15H,2-10H2,1H3. The molecule has 0 aromatic carbocycles. The van der Waals surface area contributed by atoms with Crippen LogP contribution >= 0.6 is 11.8 Å². The van der Waals surface area contributed by atoms with Gasteiger partial charge in [-0.05, 0) is 49.7 Å². The van der Waals surface area contributed by atoms with Crippen molar-refractivity contribution in [3.8, 4) is 0 Å². The summed E-state index contributed by atoms with van der Waals surface area (Å²) in [4.78, 5) is 0. The van der Waals surface area contributed by atoms with Crippen LogP contribution in [0.15, 0.2) is 0 Å². The molecule has 2 heterocycles. The molecule has 3 aliphatic rings. The summed E-state index contributed by atoms with van der Waals surface area (Å²) in [6, 6.07) is 0. The van der Waals surface area contributed by atoms with E-state index in [9.17, 15) is 5.11 Å². The fraction of sp³-hybridized carbons (Fsp3) is 1.00. The highest BCUT2D eigenvalue weighted by Crippen LogP contribution is 2.50. The van der Waals surface area contributed by atoms with Crippen LogP contribution in [0.1, 0.15) is 32.1 Å². The van der Waals surface area contributed by atoms with Gasteiger partial charge in [0.15, 0.2) is 0 Å². The van der Waals surface area contributed by atoms with Crippen LogP contribution in [0.2, 0.25) is 0 Å². The molecule has 0 aromatic rings. The largest absolute Gasteiger partial charge is 0.387 e. The molecule has 3 unspecified atom stereocenters. The SMILES string of the molecule is COCC(O)(C1CC1)C1CCOC2(CCSC2)C1. The molecule has 3 atom stereocenters. The van der Waals surface area contributed by atoms with Crippen molar-refractivity contribution < 1.29 is 14.6 Å². The Bertz CT molecular complexity index is 299. The lowest BCUT2D eigenvalue weighted by Gasteiger charge is -2.45. The minimum Gasteiger partial charge on any atom is -0.387 e. The van der Waals surface area contributed by atoms with Gasteiger partial charge in [-0.15, -0.1) is 0 Å². The summed E-state index contributed by atoms with van der Waals surface area (Å²) in [7, 11) is 1.70. The predicted octanol–water partition coefficient (Wildman–Crippen LogP) is 2.08. The van der Waals surface area contributed by atoms with Gasteiger partial charge >= 0.3 is 0 Å². The van der Waals surface area contributed by atoms with E-state index in [0.29, 0.717) is 18.4 Å². The van der Waals surface area contributed by atoms with Crippen molar-refractivity contribution in [2.24, 2.45) is 11.8 Å². The van der Waals surface area contributed by atoms with Gasteiger partial charge in [-0.2, -0.15) is 11.8 Å². The normalized spacial score (nSPS) is 40.0. The monoisotopic (exact) mass is 272 g/mol. The van der Waals surface area contributed by atoms with Gasteiger partial charge in [0.1, 0.15) is 0 Å². The van der Waals surface area contributed by atoms with Crippen LogP contribution in [-0.2, 0) is 9.47 Å². The first-order chi connectivity index (χ1) is 8.69. The second kappa shape index (κ2) is 4.97. The van der Waals surface area contributed by atoms with E-state index in [1.165, 1.54) is 18.6 Å². The Morgan fingerprint density at radius 3 is 2.83 bits per heavy atom. The van der Waals surface area contributed by atoms with E-state index in [1.807, 2.05) is 11.8 Å². The molecule has 3 nitrogen and oxygen atoms in total. The Morgan fingerprint density at radius 1 is 1.39 bits per heavy atom. The third-order valence-electron chi connectivity index (χ3n) is 4.93. The predicted molar refractivity (Wildman–Crippen MR) is 72.9 cm³/mol. The van der Waals surface area contributed by atoms with Crippen LogP contribution in [0.25, 0.3) is 0 Å². The molecule has 2 aliphatic heterocycles. The molecule has 0 radical (unpaired) electrons. The van der Waals surface area contributed by atoms with Crippen LogP contribution in [0.5, 0.6) is 0 Å². The van der Waals surface area contributed by atoms with E-state index < -0.39 is 5.60 Å². The van der Waals surface area contributed by atoms with Gasteiger partial charge in [-0.1, -0.05) is 0 Å². The summed E-state index contributed by atoms with van der Waals surface area (Å²) < 4.78 is 11.4. The van der Waals surface area contributed by atoms with Crippen molar-refractivity contribution in [1.82, 2.24) is 0 Å². The molecule has 1 spiro atoms. The third-order valence-corrected chi connectivity index (χ3v) is 6.15. The number of hydrogen-bond donors (Lipinski definition) is 1. The minimum absolute atomic E-state index is 0.0597. The number of thioether (sulfide) groups is 1. The average molecular weight is 272 g/mol. The molecule has 1 N–H and O–H groups in total. The van der Waals surface area contributed by atoms with Crippen molar-refractivity contribution in [3.05, 3.63) is 0 Å². The maximum absolute atomic E-state index is 11.0. The first-order valence-corrected chi connectivity index (χ1v) is 8.27. The number of rotatable bonds is 4. The van der Waals surface area contributed by atoms with Gasteiger partial charge < -0.3 is 14.6 Å². The summed E-state index contributed by atoms with van der Waals surface area (Å²) in [6.45, 7) is 1.30. The molecule has 4 heteroatoms. The fourth-order valence-corrected chi connectivity index (χ4v) is 5.08. The third kappa shape index (κ3) is 2.33. The van der Waals surface area contributed by atoms with Crippen molar-refractivity contribution in [3.63, 3.8) is 0 Å². The van der Waals surface area contributed by atoms with Gasteiger partial charge in [-0.3, -0.25) is 0 Å². The van der Waals surface area contributed by atoms with Crippen molar-refractivity contribution >= 4 is 11.8 Å². The van der Waals surface area contributed by atoms with Crippen molar-refractivity contribution in [1.29, 1.82) is 0 Å². The van der Waals surface area contributed by atoms with Gasteiger partial charge in [0.05, 0.1) is 17.8 Å². The van der Waals surface area contributed by atoms with Crippen molar-refractivity contribution in [2.45, 2.75) is 43.3 Å². The molecular formula is C14H24O3S. The maximum atomic E-state index is 11.0. The molecule has 0 amide bonds. The van der Waals surface area contributed by atoms with Crippen LogP contribution in [0.3, 0.4) is 0 Å².